The zero-order valence-corrected chi connectivity index (χ0v) is 53.7. The standard InChI is InChI=1S/2C32H37F2N3O8S/c2*1-6-18-14-31(18,25(38)16-46(41,42)20-7-8-20)36-27(39)23-13-19(15-37(23)29(40)17(2)30(3,4)5)43-28-22-9-10-24-26(21(22)11-12-35-28)45-32(33,34)44-24/h2*6,9-12,17-20,23H,1,7-8,13-16H2,2-5H3,(H,36,39)/t2*17-,18-,19-,23+,31-/m11/s1. The minimum absolute atomic E-state index is 0.0138. The maximum absolute atomic E-state index is 14.0. The van der Waals surface area contributed by atoms with Gasteiger partial charge in [0.2, 0.25) is 35.4 Å². The number of amides is 4. The topological polar surface area (TPSA) is 282 Å². The van der Waals surface area contributed by atoms with Gasteiger partial charge in [-0.25, -0.2) is 26.8 Å². The van der Waals surface area contributed by atoms with E-state index in [2.05, 4.69) is 43.2 Å². The summed E-state index contributed by atoms with van der Waals surface area (Å²) in [5.74, 6) is -6.54. The van der Waals surface area contributed by atoms with E-state index in [1.54, 1.807) is 13.8 Å². The van der Waals surface area contributed by atoms with Crippen LogP contribution in [0.25, 0.3) is 21.5 Å². The molecule has 6 heterocycles. The lowest BCUT2D eigenvalue weighted by Crippen LogP contribution is -2.55. The molecule has 2 saturated heterocycles. The van der Waals surface area contributed by atoms with E-state index in [1.807, 2.05) is 41.5 Å². The fraction of sp³-hybridized carbons (Fsp3) is 0.562. The number of carbonyl (C=O) groups is 6. The van der Waals surface area contributed by atoms with E-state index < -0.39 is 148 Å². The smallest absolute Gasteiger partial charge is 0.472 e. The molecule has 4 amide bonds. The van der Waals surface area contributed by atoms with E-state index in [1.165, 1.54) is 70.7 Å². The van der Waals surface area contributed by atoms with E-state index in [-0.39, 0.29) is 96.1 Å². The Bertz CT molecular complexity index is 3730. The number of pyridine rings is 2. The molecule has 0 spiro atoms. The van der Waals surface area contributed by atoms with Gasteiger partial charge in [0.15, 0.2) is 54.2 Å². The first-order chi connectivity index (χ1) is 42.9. The van der Waals surface area contributed by atoms with Crippen LogP contribution in [-0.4, -0.2) is 155 Å². The molecule has 2 aromatic heterocycles. The monoisotopic (exact) mass is 1320 g/mol. The van der Waals surface area contributed by atoms with Crippen molar-refractivity contribution in [1.29, 1.82) is 0 Å². The van der Waals surface area contributed by atoms with Crippen molar-refractivity contribution in [3.05, 3.63) is 74.1 Å². The molecule has 8 aliphatic rings. The van der Waals surface area contributed by atoms with Crippen molar-refractivity contribution in [2.75, 3.05) is 24.6 Å². The van der Waals surface area contributed by atoms with Crippen molar-refractivity contribution >= 4 is 76.4 Å². The van der Waals surface area contributed by atoms with Gasteiger partial charge in [-0.1, -0.05) is 67.5 Å². The fourth-order valence-corrected chi connectivity index (χ4v) is 15.7. The van der Waals surface area contributed by atoms with Crippen molar-refractivity contribution in [2.24, 2.45) is 34.5 Å². The largest absolute Gasteiger partial charge is 0.586 e. The third-order valence-corrected chi connectivity index (χ3v) is 23.5. The van der Waals surface area contributed by atoms with Crippen molar-refractivity contribution in [2.45, 2.75) is 165 Å². The maximum Gasteiger partial charge on any atom is 0.586 e. The first kappa shape index (κ1) is 65.9. The van der Waals surface area contributed by atoms with E-state index in [0.29, 0.717) is 36.5 Å². The lowest BCUT2D eigenvalue weighted by Gasteiger charge is -2.33. The number of carbonyl (C=O) groups excluding carboxylic acids is 6. The first-order valence-electron chi connectivity index (χ1n) is 30.6. The van der Waals surface area contributed by atoms with Crippen LogP contribution in [-0.2, 0) is 48.4 Å². The summed E-state index contributed by atoms with van der Waals surface area (Å²) < 4.78 is 137. The fourth-order valence-electron chi connectivity index (χ4n) is 12.3. The molecule has 10 atom stereocenters. The molecule has 4 aliphatic carbocycles. The average molecular weight is 1320 g/mol. The molecule has 4 aliphatic heterocycles. The quantitative estimate of drug-likeness (QED) is 0.0636. The van der Waals surface area contributed by atoms with Crippen LogP contribution in [0.1, 0.15) is 107 Å². The number of nitrogens with one attached hydrogen (secondary N) is 2. The van der Waals surface area contributed by atoms with Crippen LogP contribution >= 0.6 is 0 Å². The van der Waals surface area contributed by atoms with Crippen LogP contribution < -0.4 is 39.1 Å². The molecule has 6 fully saturated rings. The molecule has 4 saturated carbocycles. The predicted molar refractivity (Wildman–Crippen MR) is 324 cm³/mol. The van der Waals surface area contributed by atoms with Crippen molar-refractivity contribution < 1.29 is 91.6 Å². The number of ketones is 2. The second-order valence-electron chi connectivity index (χ2n) is 27.6. The lowest BCUT2D eigenvalue weighted by atomic mass is 9.81. The number of alkyl halides is 4. The summed E-state index contributed by atoms with van der Waals surface area (Å²) in [5.41, 5.74) is -3.69. The summed E-state index contributed by atoms with van der Waals surface area (Å²) in [6.45, 7) is 22.6. The predicted octanol–water partition coefficient (Wildman–Crippen LogP) is 7.59. The van der Waals surface area contributed by atoms with Crippen molar-refractivity contribution in [3.63, 3.8) is 0 Å². The Hall–Kier alpha value is -7.62. The highest BCUT2D eigenvalue weighted by atomic mass is 32.2. The van der Waals surface area contributed by atoms with Gasteiger partial charge in [-0.2, -0.15) is 0 Å². The van der Waals surface area contributed by atoms with Crippen molar-refractivity contribution in [3.8, 4) is 34.8 Å². The Labute approximate surface area is 529 Å². The molecular formula is C64H74F4N6O16S2. The van der Waals surface area contributed by atoms with Gasteiger partial charge in [0.05, 0.1) is 23.6 Å². The number of hydrogen-bond acceptors (Lipinski definition) is 18. The number of ether oxygens (including phenoxy) is 6. The molecule has 28 heteroatoms. The highest BCUT2D eigenvalue weighted by molar-refractivity contribution is 7.93. The Kier molecular flexibility index (Phi) is 16.6. The Balaban J connectivity index is 0.000000188. The zero-order chi connectivity index (χ0) is 66.8. The molecule has 2 N–H and O–H groups in total. The maximum atomic E-state index is 14.0. The number of halogens is 4. The third-order valence-electron chi connectivity index (χ3n) is 19.2. The second-order valence-corrected chi connectivity index (χ2v) is 32.1. The molecule has 12 rings (SSSR count). The number of benzene rings is 2. The number of rotatable bonds is 20. The molecule has 92 heavy (non-hydrogen) atoms. The van der Waals surface area contributed by atoms with Gasteiger partial charge in [-0.05, 0) is 85.8 Å². The molecule has 0 bridgehead atoms. The van der Waals surface area contributed by atoms with Gasteiger partial charge in [-0.15, -0.1) is 30.7 Å². The first-order valence-corrected chi connectivity index (χ1v) is 34.0. The van der Waals surface area contributed by atoms with Crippen molar-refractivity contribution in [1.82, 2.24) is 30.4 Å². The summed E-state index contributed by atoms with van der Waals surface area (Å²) in [6, 6.07) is 6.58. The number of Topliss-reactive ketones (excluding diaryl/α,β-unsaturated/α-hetero) is 2. The lowest BCUT2D eigenvalue weighted by molar-refractivity contribution is -0.287. The highest BCUT2D eigenvalue weighted by Gasteiger charge is 2.63. The number of aromatic nitrogens is 2. The van der Waals surface area contributed by atoms with Gasteiger partial charge < -0.3 is 48.9 Å². The number of sulfone groups is 2. The van der Waals surface area contributed by atoms with Gasteiger partial charge in [0.1, 0.15) is 46.9 Å². The van der Waals surface area contributed by atoms with Crippen LogP contribution in [0.2, 0.25) is 0 Å². The molecule has 4 aromatic rings. The molecular weight excluding hydrogens is 1250 g/mol. The normalized spacial score (nSPS) is 27.3. The van der Waals surface area contributed by atoms with E-state index in [4.69, 9.17) is 18.9 Å². The van der Waals surface area contributed by atoms with E-state index >= 15 is 0 Å². The summed E-state index contributed by atoms with van der Waals surface area (Å²) in [4.78, 5) is 93.7. The summed E-state index contributed by atoms with van der Waals surface area (Å²) >= 11 is 0. The van der Waals surface area contributed by atoms with E-state index in [9.17, 15) is 63.2 Å². The summed E-state index contributed by atoms with van der Waals surface area (Å²) in [7, 11) is -7.25. The van der Waals surface area contributed by atoms with Gasteiger partial charge in [0.25, 0.3) is 0 Å². The van der Waals surface area contributed by atoms with Gasteiger partial charge >= 0.3 is 12.6 Å². The molecule has 2 aromatic carbocycles. The van der Waals surface area contributed by atoms with Crippen LogP contribution in [0, 0.1) is 34.5 Å². The number of likely N-dealkylation sites (tertiary alicyclic amines) is 2. The van der Waals surface area contributed by atoms with Crippen LogP contribution in [0.5, 0.6) is 34.8 Å². The average Bonchev–Trinajstić information content (AvgIpc) is 1.61. The van der Waals surface area contributed by atoms with Gasteiger partial charge in [-0.3, -0.25) is 28.8 Å². The summed E-state index contributed by atoms with van der Waals surface area (Å²) in [6.07, 6.45) is -0.688. The third kappa shape index (κ3) is 12.8. The number of fused-ring (bicyclic) bond motifs is 6. The van der Waals surface area contributed by atoms with Crippen LogP contribution in [0.3, 0.4) is 0 Å². The minimum Gasteiger partial charge on any atom is -0.472 e. The SMILES string of the molecule is C=C[C@@H]1C[C@]1(NC(=O)[C@@H]1C[C@@H](Oc2nccc3c4c(ccc23)OC(F)(F)O4)CN1C(=O)[C@@H](C)C(C)(C)C)C(=O)CS(=O)(=O)C1CC1.C=C[C@@H]1C[C@]1(NC(=O)[C@@H]1C[C@@H](Oc2nccc3c4c(ccc23)OC(F)(F)O4)CN1C(=O)[C@@H](C)C(C)(C)C)C(=O)CS(=O)(=O)C1CC1. The Morgan fingerprint density at radius 2 is 0.957 bits per heavy atom. The molecule has 0 unspecified atom stereocenters. The summed E-state index contributed by atoms with van der Waals surface area (Å²) in [5, 5.41) is 5.88. The highest BCUT2D eigenvalue weighted by Crippen LogP contribution is 2.51. The van der Waals surface area contributed by atoms with Crippen LogP contribution in [0.15, 0.2) is 74.1 Å². The Morgan fingerprint density at radius 3 is 1.27 bits per heavy atom. The Morgan fingerprint density at radius 1 is 0.598 bits per heavy atom. The number of nitrogens with zero attached hydrogens (tertiary/aromatic N) is 4. The van der Waals surface area contributed by atoms with E-state index in [0.717, 1.165) is 0 Å². The molecule has 0 radical (unpaired) electrons. The zero-order valence-electron chi connectivity index (χ0n) is 52.1. The second kappa shape index (κ2) is 23.1. The number of hydrogen-bond donors (Lipinski definition) is 2. The van der Waals surface area contributed by atoms with Crippen LogP contribution in [0.4, 0.5) is 17.6 Å². The molecule has 22 nitrogen and oxygen atoms in total. The molecule has 496 valence electrons. The minimum atomic E-state index is -3.81. The van der Waals surface area contributed by atoms with Gasteiger partial charge in [0, 0.05) is 70.5 Å².